The highest BCUT2D eigenvalue weighted by atomic mass is 35.6. The molecule has 11 heavy (non-hydrogen) atoms. The third-order valence-corrected chi connectivity index (χ3v) is 1.12. The number of hydrazine groups is 1. The van der Waals surface area contributed by atoms with Crippen LogP contribution < -0.4 is 10.9 Å². The Morgan fingerprint density at radius 3 is 1.91 bits per heavy atom. The number of rotatable bonds is 0. The number of amides is 2. The number of alkyl halides is 3. The lowest BCUT2D eigenvalue weighted by Crippen LogP contribution is -2.45. The van der Waals surface area contributed by atoms with Gasteiger partial charge >= 0.3 is 0 Å². The quantitative estimate of drug-likeness (QED) is 0.461. The molecular formula is C4H5Cl3N2O2. The zero-order valence-electron chi connectivity index (χ0n) is 5.45. The van der Waals surface area contributed by atoms with E-state index < -0.39 is 15.6 Å². The van der Waals surface area contributed by atoms with Crippen LogP contribution >= 0.6 is 34.8 Å². The minimum atomic E-state index is -2.05. The first-order valence-corrected chi connectivity index (χ1v) is 3.61. The number of hydrogen-bond donors (Lipinski definition) is 2. The van der Waals surface area contributed by atoms with Crippen LogP contribution in [-0.4, -0.2) is 15.6 Å². The Labute approximate surface area is 78.1 Å². The molecular weight excluding hydrogens is 214 g/mol. The summed E-state index contributed by atoms with van der Waals surface area (Å²) in [5, 5.41) is 0. The lowest BCUT2D eigenvalue weighted by atomic mass is 10.7. The van der Waals surface area contributed by atoms with E-state index >= 15 is 0 Å². The average Bonchev–Trinajstić information content (AvgIpc) is 1.80. The summed E-state index contributed by atoms with van der Waals surface area (Å²) < 4.78 is -2.05. The zero-order valence-corrected chi connectivity index (χ0v) is 7.72. The molecule has 0 aromatic rings. The Morgan fingerprint density at radius 1 is 1.18 bits per heavy atom. The van der Waals surface area contributed by atoms with Crippen molar-refractivity contribution in [1.29, 1.82) is 0 Å². The molecule has 0 atom stereocenters. The van der Waals surface area contributed by atoms with Crippen LogP contribution in [0.3, 0.4) is 0 Å². The van der Waals surface area contributed by atoms with Gasteiger partial charge in [0.25, 0.3) is 9.70 Å². The first kappa shape index (κ1) is 10.8. The van der Waals surface area contributed by atoms with Crippen molar-refractivity contribution in [1.82, 2.24) is 10.9 Å². The Morgan fingerprint density at radius 2 is 1.64 bits per heavy atom. The van der Waals surface area contributed by atoms with E-state index in [-0.39, 0.29) is 0 Å². The van der Waals surface area contributed by atoms with Crippen LogP contribution in [0.2, 0.25) is 0 Å². The molecule has 0 rings (SSSR count). The largest absolute Gasteiger partial charge is 0.290 e. The second kappa shape index (κ2) is 3.99. The summed E-state index contributed by atoms with van der Waals surface area (Å²) in [6, 6.07) is 0. The van der Waals surface area contributed by atoms with Crippen molar-refractivity contribution in [2.75, 3.05) is 0 Å². The molecule has 0 bridgehead atoms. The van der Waals surface area contributed by atoms with Crippen molar-refractivity contribution >= 4 is 46.6 Å². The molecule has 0 unspecified atom stereocenters. The minimum Gasteiger partial charge on any atom is -0.274 e. The molecule has 0 saturated heterocycles. The second-order valence-corrected chi connectivity index (χ2v) is 3.91. The molecule has 0 spiro atoms. The van der Waals surface area contributed by atoms with E-state index in [4.69, 9.17) is 34.8 Å². The first-order chi connectivity index (χ1) is 4.84. The SMILES string of the molecule is CC(=O)NNC(=O)C(Cl)(Cl)Cl. The van der Waals surface area contributed by atoms with Crippen LogP contribution in [0.15, 0.2) is 0 Å². The molecule has 2 N–H and O–H groups in total. The summed E-state index contributed by atoms with van der Waals surface area (Å²) >= 11 is 15.4. The maximum atomic E-state index is 10.6. The highest BCUT2D eigenvalue weighted by Crippen LogP contribution is 2.25. The fourth-order valence-electron chi connectivity index (χ4n) is 0.216. The van der Waals surface area contributed by atoms with Gasteiger partial charge in [0.05, 0.1) is 0 Å². The number of halogens is 3. The zero-order chi connectivity index (χ0) is 9.07. The van der Waals surface area contributed by atoms with Gasteiger partial charge in [-0.05, 0) is 0 Å². The first-order valence-electron chi connectivity index (χ1n) is 2.48. The number of carbonyl (C=O) groups is 2. The molecule has 0 aliphatic carbocycles. The Bertz CT molecular complexity index is 177. The topological polar surface area (TPSA) is 58.2 Å². The predicted molar refractivity (Wildman–Crippen MR) is 42.2 cm³/mol. The van der Waals surface area contributed by atoms with E-state index in [1.165, 1.54) is 6.92 Å². The summed E-state index contributed by atoms with van der Waals surface area (Å²) in [5.41, 5.74) is 3.85. The van der Waals surface area contributed by atoms with E-state index in [2.05, 4.69) is 0 Å². The molecule has 0 heterocycles. The van der Waals surface area contributed by atoms with Crippen molar-refractivity contribution in [3.8, 4) is 0 Å². The lowest BCUT2D eigenvalue weighted by Gasteiger charge is -2.10. The fraction of sp³-hybridized carbons (Fsp3) is 0.500. The molecule has 0 aliphatic rings. The van der Waals surface area contributed by atoms with Crippen molar-refractivity contribution in [2.45, 2.75) is 10.7 Å². The van der Waals surface area contributed by atoms with E-state index in [1.807, 2.05) is 10.9 Å². The van der Waals surface area contributed by atoms with E-state index in [0.29, 0.717) is 0 Å². The highest BCUT2D eigenvalue weighted by Gasteiger charge is 2.30. The lowest BCUT2D eigenvalue weighted by molar-refractivity contribution is -0.127. The summed E-state index contributed by atoms with van der Waals surface area (Å²) in [6.07, 6.45) is 0. The Balaban J connectivity index is 3.80. The van der Waals surface area contributed by atoms with Gasteiger partial charge in [-0.3, -0.25) is 20.4 Å². The molecule has 0 aliphatic heterocycles. The third kappa shape index (κ3) is 5.12. The number of nitrogens with one attached hydrogen (secondary N) is 2. The van der Waals surface area contributed by atoms with Crippen LogP contribution in [0, 0.1) is 0 Å². The van der Waals surface area contributed by atoms with Gasteiger partial charge in [0, 0.05) is 6.92 Å². The fourth-order valence-corrected chi connectivity index (χ4v) is 0.357. The number of hydrogen-bond acceptors (Lipinski definition) is 2. The van der Waals surface area contributed by atoms with Crippen molar-refractivity contribution in [2.24, 2.45) is 0 Å². The van der Waals surface area contributed by atoms with E-state index in [1.54, 1.807) is 0 Å². The summed E-state index contributed by atoms with van der Waals surface area (Å²) in [4.78, 5) is 20.9. The summed E-state index contributed by atoms with van der Waals surface area (Å²) in [5.74, 6) is -1.36. The van der Waals surface area contributed by atoms with Crippen molar-refractivity contribution in [3.05, 3.63) is 0 Å². The van der Waals surface area contributed by atoms with Crippen molar-refractivity contribution < 1.29 is 9.59 Å². The van der Waals surface area contributed by atoms with Gasteiger partial charge in [-0.1, -0.05) is 34.8 Å². The van der Waals surface area contributed by atoms with Crippen LogP contribution in [0.4, 0.5) is 0 Å². The minimum absolute atomic E-state index is 0.451. The van der Waals surface area contributed by atoms with Gasteiger partial charge < -0.3 is 0 Å². The van der Waals surface area contributed by atoms with Gasteiger partial charge in [0.1, 0.15) is 0 Å². The Kier molecular flexibility index (Phi) is 3.92. The predicted octanol–water partition coefficient (Wildman–Crippen LogP) is 0.524. The third-order valence-electron chi connectivity index (χ3n) is 0.610. The van der Waals surface area contributed by atoms with Gasteiger partial charge in [-0.25, -0.2) is 0 Å². The van der Waals surface area contributed by atoms with Gasteiger partial charge in [-0.2, -0.15) is 0 Å². The normalized spacial score (nSPS) is 10.5. The van der Waals surface area contributed by atoms with E-state index in [9.17, 15) is 9.59 Å². The highest BCUT2D eigenvalue weighted by molar-refractivity contribution is 6.76. The smallest absolute Gasteiger partial charge is 0.274 e. The molecule has 7 heteroatoms. The molecule has 0 aromatic heterocycles. The molecule has 0 fully saturated rings. The average molecular weight is 219 g/mol. The van der Waals surface area contributed by atoms with Gasteiger partial charge in [-0.15, -0.1) is 0 Å². The maximum Gasteiger partial charge on any atom is 0.290 e. The van der Waals surface area contributed by atoms with Crippen LogP contribution in [0.1, 0.15) is 6.92 Å². The van der Waals surface area contributed by atoms with Gasteiger partial charge in [0.15, 0.2) is 0 Å². The molecule has 64 valence electrons. The standard InChI is InChI=1S/C4H5Cl3N2O2/c1-2(10)8-9-3(11)4(5,6)7/h1H3,(H,8,10)(H,9,11). The molecule has 2 amide bonds. The second-order valence-electron chi connectivity index (χ2n) is 1.63. The van der Waals surface area contributed by atoms with Crippen molar-refractivity contribution in [3.63, 3.8) is 0 Å². The summed E-state index contributed by atoms with van der Waals surface area (Å²) in [7, 11) is 0. The molecule has 0 radical (unpaired) electrons. The monoisotopic (exact) mass is 218 g/mol. The number of carbonyl (C=O) groups excluding carboxylic acids is 2. The summed E-state index contributed by atoms with van der Waals surface area (Å²) in [6.45, 7) is 1.21. The maximum absolute atomic E-state index is 10.6. The van der Waals surface area contributed by atoms with E-state index in [0.717, 1.165) is 0 Å². The van der Waals surface area contributed by atoms with Crippen LogP contribution in [0.25, 0.3) is 0 Å². The molecule has 0 saturated carbocycles. The molecule has 4 nitrogen and oxygen atoms in total. The Hall–Kier alpha value is -0.190. The molecule has 0 aromatic carbocycles. The van der Waals surface area contributed by atoms with Gasteiger partial charge in [0.2, 0.25) is 5.91 Å². The van der Waals surface area contributed by atoms with Crippen LogP contribution in [-0.2, 0) is 9.59 Å². The van der Waals surface area contributed by atoms with Crippen LogP contribution in [0.5, 0.6) is 0 Å².